The summed E-state index contributed by atoms with van der Waals surface area (Å²) in [5.41, 5.74) is 0.703. The Morgan fingerprint density at radius 3 is 2.48 bits per heavy atom. The molecule has 8 heteroatoms. The van der Waals surface area contributed by atoms with Gasteiger partial charge in [-0.05, 0) is 19.4 Å². The molecule has 0 spiro atoms. The van der Waals surface area contributed by atoms with Crippen LogP contribution in [-0.2, 0) is 9.53 Å². The van der Waals surface area contributed by atoms with Crippen LogP contribution in [0.15, 0.2) is 36.5 Å². The molecular formula is C15H17N3O5. The van der Waals surface area contributed by atoms with E-state index in [1.54, 1.807) is 13.8 Å². The minimum atomic E-state index is -0.823. The van der Waals surface area contributed by atoms with Crippen molar-refractivity contribution in [3.8, 4) is 0 Å². The van der Waals surface area contributed by atoms with Gasteiger partial charge >= 0.3 is 12.0 Å². The third kappa shape index (κ3) is 3.65. The first-order valence-corrected chi connectivity index (χ1v) is 7.00. The Morgan fingerprint density at radius 1 is 1.35 bits per heavy atom. The summed E-state index contributed by atoms with van der Waals surface area (Å²) in [6.45, 7) is 7.15. The average Bonchev–Trinajstić information content (AvgIpc) is 2.45. The van der Waals surface area contributed by atoms with E-state index >= 15 is 0 Å². The second kappa shape index (κ2) is 6.47. The molecule has 0 bridgehead atoms. The van der Waals surface area contributed by atoms with Crippen molar-refractivity contribution in [2.24, 2.45) is 5.92 Å². The lowest BCUT2D eigenvalue weighted by atomic mass is 9.89. The number of nitro groups is 1. The van der Waals surface area contributed by atoms with Crippen molar-refractivity contribution in [3.63, 3.8) is 0 Å². The highest BCUT2D eigenvalue weighted by atomic mass is 16.6. The van der Waals surface area contributed by atoms with Crippen molar-refractivity contribution in [1.29, 1.82) is 0 Å². The van der Waals surface area contributed by atoms with Gasteiger partial charge in [0, 0.05) is 17.8 Å². The van der Waals surface area contributed by atoms with Crippen LogP contribution in [0.25, 0.3) is 0 Å². The van der Waals surface area contributed by atoms with Gasteiger partial charge in [0.25, 0.3) is 5.69 Å². The zero-order valence-electron chi connectivity index (χ0n) is 12.7. The van der Waals surface area contributed by atoms with Crippen molar-refractivity contribution in [1.82, 2.24) is 10.6 Å². The molecule has 23 heavy (non-hydrogen) atoms. The molecule has 0 aromatic heterocycles. The van der Waals surface area contributed by atoms with Gasteiger partial charge in [0.15, 0.2) is 0 Å². The van der Waals surface area contributed by atoms with E-state index in [2.05, 4.69) is 17.2 Å². The summed E-state index contributed by atoms with van der Waals surface area (Å²) >= 11 is 0. The Balaban J connectivity index is 2.33. The van der Waals surface area contributed by atoms with Crippen LogP contribution >= 0.6 is 0 Å². The Morgan fingerprint density at radius 2 is 1.96 bits per heavy atom. The number of carbonyl (C=O) groups excluding carboxylic acids is 2. The normalized spacial score (nSPS) is 20.7. The first-order valence-electron chi connectivity index (χ1n) is 7.00. The number of carbonyl (C=O) groups is 2. The van der Waals surface area contributed by atoms with Crippen LogP contribution in [0, 0.1) is 16.0 Å². The maximum Gasteiger partial charge on any atom is 0.319 e. The minimum Gasteiger partial charge on any atom is -0.462 e. The molecule has 2 rings (SSSR count). The van der Waals surface area contributed by atoms with Gasteiger partial charge in [-0.3, -0.25) is 14.9 Å². The number of non-ortho nitro benzene ring substituents is 1. The van der Waals surface area contributed by atoms with Gasteiger partial charge in [0.1, 0.15) is 5.92 Å². The third-order valence-corrected chi connectivity index (χ3v) is 3.34. The lowest BCUT2D eigenvalue weighted by molar-refractivity contribution is -0.384. The van der Waals surface area contributed by atoms with Gasteiger partial charge in [-0.1, -0.05) is 18.7 Å². The molecule has 2 atom stereocenters. The van der Waals surface area contributed by atoms with Crippen molar-refractivity contribution in [2.75, 3.05) is 0 Å². The van der Waals surface area contributed by atoms with Crippen LogP contribution in [0.5, 0.6) is 0 Å². The number of ether oxygens (including phenoxy) is 1. The second-order valence-corrected chi connectivity index (χ2v) is 5.41. The van der Waals surface area contributed by atoms with Crippen LogP contribution < -0.4 is 10.6 Å². The Labute approximate surface area is 132 Å². The Kier molecular flexibility index (Phi) is 4.63. The molecule has 8 nitrogen and oxygen atoms in total. The minimum absolute atomic E-state index is 0.0749. The van der Waals surface area contributed by atoms with E-state index in [1.165, 1.54) is 24.3 Å². The number of hydrogen-bond donors (Lipinski definition) is 2. The second-order valence-electron chi connectivity index (χ2n) is 5.41. The topological polar surface area (TPSA) is 111 Å². The van der Waals surface area contributed by atoms with E-state index in [9.17, 15) is 19.7 Å². The van der Waals surface area contributed by atoms with E-state index in [1.807, 2.05) is 0 Å². The van der Waals surface area contributed by atoms with Crippen LogP contribution in [0.1, 0.15) is 25.5 Å². The van der Waals surface area contributed by atoms with Crippen LogP contribution in [0.3, 0.4) is 0 Å². The molecule has 0 radical (unpaired) electrons. The maximum atomic E-state index is 12.3. The fourth-order valence-electron chi connectivity index (χ4n) is 2.35. The zero-order chi connectivity index (χ0) is 17.1. The number of nitrogens with one attached hydrogen (secondary N) is 2. The molecule has 1 saturated heterocycles. The molecule has 0 saturated carbocycles. The largest absolute Gasteiger partial charge is 0.462 e. The molecule has 2 unspecified atom stereocenters. The molecule has 1 heterocycles. The molecule has 122 valence electrons. The third-order valence-electron chi connectivity index (χ3n) is 3.34. The van der Waals surface area contributed by atoms with Crippen molar-refractivity contribution in [2.45, 2.75) is 26.0 Å². The first kappa shape index (κ1) is 16.5. The predicted molar refractivity (Wildman–Crippen MR) is 81.4 cm³/mol. The fraction of sp³-hybridized carbons (Fsp3) is 0.333. The SMILES string of the molecule is C=C1NC(=O)NC(c2ccc([N+](=O)[O-])cc2)C1C(=O)OC(C)C. The molecule has 1 aromatic rings. The van der Waals surface area contributed by atoms with Gasteiger partial charge in [-0.2, -0.15) is 0 Å². The van der Waals surface area contributed by atoms with Crippen LogP contribution in [0.2, 0.25) is 0 Å². The van der Waals surface area contributed by atoms with Crippen molar-refractivity contribution in [3.05, 3.63) is 52.2 Å². The number of nitrogens with zero attached hydrogens (tertiary/aromatic N) is 1. The summed E-state index contributed by atoms with van der Waals surface area (Å²) in [5, 5.41) is 15.8. The monoisotopic (exact) mass is 319 g/mol. The Bertz CT molecular complexity index is 654. The lowest BCUT2D eigenvalue weighted by Crippen LogP contribution is -2.51. The molecule has 0 aliphatic carbocycles. The summed E-state index contributed by atoms with van der Waals surface area (Å²) in [7, 11) is 0. The number of benzene rings is 1. The van der Waals surface area contributed by atoms with E-state index in [0.717, 1.165) is 0 Å². The highest BCUT2D eigenvalue weighted by molar-refractivity contribution is 5.85. The summed E-state index contributed by atoms with van der Waals surface area (Å²) in [5.74, 6) is -1.35. The number of urea groups is 1. The number of rotatable bonds is 4. The standard InChI is InChI=1S/C15H17N3O5/c1-8(2)23-14(19)12-9(3)16-15(20)17-13(12)10-4-6-11(7-5-10)18(21)22/h4-8,12-13H,3H2,1-2H3,(H2,16,17,20). The highest BCUT2D eigenvalue weighted by Crippen LogP contribution is 2.31. The summed E-state index contributed by atoms with van der Waals surface area (Å²) in [6, 6.07) is 4.43. The van der Waals surface area contributed by atoms with E-state index in [-0.39, 0.29) is 17.5 Å². The van der Waals surface area contributed by atoms with Crippen LogP contribution in [-0.4, -0.2) is 23.0 Å². The van der Waals surface area contributed by atoms with Gasteiger partial charge < -0.3 is 15.4 Å². The molecular weight excluding hydrogens is 302 g/mol. The van der Waals surface area contributed by atoms with Crippen LogP contribution in [0.4, 0.5) is 10.5 Å². The van der Waals surface area contributed by atoms with E-state index < -0.39 is 28.9 Å². The predicted octanol–water partition coefficient (Wildman–Crippen LogP) is 2.03. The molecule has 1 aliphatic heterocycles. The summed E-state index contributed by atoms with van der Waals surface area (Å²) in [4.78, 5) is 34.2. The zero-order valence-corrected chi connectivity index (χ0v) is 12.7. The highest BCUT2D eigenvalue weighted by Gasteiger charge is 2.39. The molecule has 1 fully saturated rings. The Hall–Kier alpha value is -2.90. The van der Waals surface area contributed by atoms with Gasteiger partial charge in [0.2, 0.25) is 0 Å². The van der Waals surface area contributed by atoms with E-state index in [4.69, 9.17) is 4.74 Å². The first-order chi connectivity index (χ1) is 10.8. The van der Waals surface area contributed by atoms with Gasteiger partial charge in [-0.25, -0.2) is 4.79 Å². The number of hydrogen-bond acceptors (Lipinski definition) is 5. The average molecular weight is 319 g/mol. The van der Waals surface area contributed by atoms with Crippen molar-refractivity contribution < 1.29 is 19.2 Å². The fourth-order valence-corrected chi connectivity index (χ4v) is 2.35. The summed E-state index contributed by atoms with van der Waals surface area (Å²) in [6.07, 6.45) is -0.314. The summed E-state index contributed by atoms with van der Waals surface area (Å²) < 4.78 is 5.21. The smallest absolute Gasteiger partial charge is 0.319 e. The molecule has 2 N–H and O–H groups in total. The lowest BCUT2D eigenvalue weighted by Gasteiger charge is -2.33. The van der Waals surface area contributed by atoms with Crippen molar-refractivity contribution >= 4 is 17.7 Å². The quantitative estimate of drug-likeness (QED) is 0.501. The molecule has 1 aliphatic rings. The van der Waals surface area contributed by atoms with Gasteiger partial charge in [-0.15, -0.1) is 0 Å². The molecule has 1 aromatic carbocycles. The number of esters is 1. The maximum absolute atomic E-state index is 12.3. The number of nitro benzene ring substituents is 1. The van der Waals surface area contributed by atoms with Gasteiger partial charge in [0.05, 0.1) is 17.1 Å². The molecule has 2 amide bonds. The van der Waals surface area contributed by atoms with E-state index in [0.29, 0.717) is 5.56 Å². The number of amides is 2.